The zero-order chi connectivity index (χ0) is 14.1. The van der Waals surface area contributed by atoms with Crippen LogP contribution in [0.25, 0.3) is 0 Å². The largest absolute Gasteiger partial charge is 0.574 e. The van der Waals surface area contributed by atoms with Crippen molar-refractivity contribution in [2.24, 2.45) is 0 Å². The predicted octanol–water partition coefficient (Wildman–Crippen LogP) is 3.13. The van der Waals surface area contributed by atoms with Gasteiger partial charge in [-0.3, -0.25) is 10.1 Å². The zero-order valence-corrected chi connectivity index (χ0v) is 8.66. The zero-order valence-electron chi connectivity index (χ0n) is 8.66. The molecule has 1 aromatic rings. The molecule has 18 heavy (non-hydrogen) atoms. The van der Waals surface area contributed by atoms with Crippen molar-refractivity contribution < 1.29 is 31.6 Å². The topological polar surface area (TPSA) is 65.3 Å². The Morgan fingerprint density at radius 1 is 1.44 bits per heavy atom. The standard InChI is InChI=1S/C8H5F5N2O3/c1-3-6(15(16)17)4(7(9)10)2-5(14-3)18-8(11,12)13/h2,7H,1H3. The number of ether oxygens (including phenoxy) is 1. The minimum Gasteiger partial charge on any atom is -0.388 e. The van der Waals surface area contributed by atoms with Crippen LogP contribution >= 0.6 is 0 Å². The molecule has 0 atom stereocenters. The number of pyridine rings is 1. The third kappa shape index (κ3) is 3.25. The number of halogens is 5. The Kier molecular flexibility index (Phi) is 3.67. The average Bonchev–Trinajstić information content (AvgIpc) is 2.12. The first-order valence-electron chi connectivity index (χ1n) is 4.31. The average molecular weight is 272 g/mol. The number of aromatic nitrogens is 1. The van der Waals surface area contributed by atoms with E-state index in [1.165, 1.54) is 0 Å². The molecule has 0 aliphatic heterocycles. The summed E-state index contributed by atoms with van der Waals surface area (Å²) in [5.41, 5.74) is -2.79. The second kappa shape index (κ2) is 4.70. The van der Waals surface area contributed by atoms with Crippen LogP contribution in [0.4, 0.5) is 27.6 Å². The van der Waals surface area contributed by atoms with Crippen LogP contribution < -0.4 is 4.74 Å². The van der Waals surface area contributed by atoms with Crippen LogP contribution in [0, 0.1) is 17.0 Å². The Morgan fingerprint density at radius 2 is 2.00 bits per heavy atom. The van der Waals surface area contributed by atoms with Gasteiger partial charge in [-0.15, -0.1) is 13.2 Å². The summed E-state index contributed by atoms with van der Waals surface area (Å²) in [5, 5.41) is 10.5. The smallest absolute Gasteiger partial charge is 0.388 e. The van der Waals surface area contributed by atoms with Gasteiger partial charge in [0.05, 0.1) is 4.92 Å². The van der Waals surface area contributed by atoms with Gasteiger partial charge in [0.15, 0.2) is 0 Å². The van der Waals surface area contributed by atoms with Crippen molar-refractivity contribution in [3.05, 3.63) is 27.4 Å². The molecule has 0 N–H and O–H groups in total. The lowest BCUT2D eigenvalue weighted by Gasteiger charge is -2.10. The van der Waals surface area contributed by atoms with E-state index in [4.69, 9.17) is 0 Å². The van der Waals surface area contributed by atoms with E-state index in [9.17, 15) is 32.1 Å². The maximum absolute atomic E-state index is 12.5. The second-order valence-corrected chi connectivity index (χ2v) is 3.09. The molecule has 10 heteroatoms. The highest BCUT2D eigenvalue weighted by atomic mass is 19.4. The quantitative estimate of drug-likeness (QED) is 0.481. The van der Waals surface area contributed by atoms with Gasteiger partial charge in [0.1, 0.15) is 11.3 Å². The number of alkyl halides is 5. The molecule has 1 heterocycles. The maximum atomic E-state index is 12.5. The fourth-order valence-electron chi connectivity index (χ4n) is 1.24. The van der Waals surface area contributed by atoms with E-state index < -0.39 is 40.5 Å². The third-order valence-electron chi connectivity index (χ3n) is 1.81. The van der Waals surface area contributed by atoms with Gasteiger partial charge in [-0.05, 0) is 6.92 Å². The first kappa shape index (κ1) is 14.1. The van der Waals surface area contributed by atoms with Crippen molar-refractivity contribution in [2.45, 2.75) is 19.7 Å². The van der Waals surface area contributed by atoms with E-state index in [1.807, 2.05) is 0 Å². The first-order chi connectivity index (χ1) is 8.11. The molecule has 100 valence electrons. The highest BCUT2D eigenvalue weighted by molar-refractivity contribution is 5.47. The summed E-state index contributed by atoms with van der Waals surface area (Å²) in [6, 6.07) is 0.198. The minimum absolute atomic E-state index is 0.198. The van der Waals surface area contributed by atoms with E-state index in [0.29, 0.717) is 0 Å². The number of hydrogen-bond donors (Lipinski definition) is 0. The number of rotatable bonds is 3. The van der Waals surface area contributed by atoms with Crippen molar-refractivity contribution in [3.63, 3.8) is 0 Å². The molecule has 1 rings (SSSR count). The summed E-state index contributed by atoms with van der Waals surface area (Å²) in [6.45, 7) is 0.938. The molecule has 0 bridgehead atoms. The van der Waals surface area contributed by atoms with E-state index in [1.54, 1.807) is 0 Å². The highest BCUT2D eigenvalue weighted by Crippen LogP contribution is 2.34. The van der Waals surface area contributed by atoms with Gasteiger partial charge >= 0.3 is 6.36 Å². The molecular formula is C8H5F5N2O3. The van der Waals surface area contributed by atoms with Gasteiger partial charge in [0.25, 0.3) is 12.1 Å². The fraction of sp³-hybridized carbons (Fsp3) is 0.375. The van der Waals surface area contributed by atoms with E-state index >= 15 is 0 Å². The Balaban J connectivity index is 3.32. The van der Waals surface area contributed by atoms with Gasteiger partial charge < -0.3 is 4.74 Å². The molecule has 0 unspecified atom stereocenters. The van der Waals surface area contributed by atoms with E-state index in [0.717, 1.165) is 6.92 Å². The van der Waals surface area contributed by atoms with Crippen LogP contribution in [-0.4, -0.2) is 16.3 Å². The molecule has 1 aromatic heterocycles. The van der Waals surface area contributed by atoms with Crippen molar-refractivity contribution in [2.75, 3.05) is 0 Å². The van der Waals surface area contributed by atoms with E-state index in [-0.39, 0.29) is 6.07 Å². The number of aryl methyl sites for hydroxylation is 1. The van der Waals surface area contributed by atoms with Gasteiger partial charge in [0.2, 0.25) is 5.88 Å². The van der Waals surface area contributed by atoms with Crippen LogP contribution in [0.15, 0.2) is 6.07 Å². The van der Waals surface area contributed by atoms with E-state index in [2.05, 4.69) is 9.72 Å². The second-order valence-electron chi connectivity index (χ2n) is 3.09. The van der Waals surface area contributed by atoms with Crippen LogP contribution in [-0.2, 0) is 0 Å². The van der Waals surface area contributed by atoms with Crippen molar-refractivity contribution in [1.29, 1.82) is 0 Å². The SMILES string of the molecule is Cc1nc(OC(F)(F)F)cc(C(F)F)c1[N+](=O)[O-]. The van der Waals surface area contributed by atoms with Crippen LogP contribution in [0.2, 0.25) is 0 Å². The lowest BCUT2D eigenvalue weighted by atomic mass is 10.2. The molecule has 0 aromatic carbocycles. The van der Waals surface area contributed by atoms with Crippen LogP contribution in [0.5, 0.6) is 5.88 Å². The first-order valence-corrected chi connectivity index (χ1v) is 4.31. The van der Waals surface area contributed by atoms with Crippen LogP contribution in [0.1, 0.15) is 17.7 Å². The molecule has 0 radical (unpaired) electrons. The molecule has 5 nitrogen and oxygen atoms in total. The maximum Gasteiger partial charge on any atom is 0.574 e. The summed E-state index contributed by atoms with van der Waals surface area (Å²) in [5.74, 6) is -1.17. The summed E-state index contributed by atoms with van der Waals surface area (Å²) in [4.78, 5) is 12.5. The number of nitrogens with zero attached hydrogens (tertiary/aromatic N) is 2. The van der Waals surface area contributed by atoms with Crippen LogP contribution in [0.3, 0.4) is 0 Å². The molecule has 0 saturated heterocycles. The summed E-state index contributed by atoms with van der Waals surface area (Å²) in [6.07, 6.45) is -8.43. The highest BCUT2D eigenvalue weighted by Gasteiger charge is 2.34. The molecule has 0 amide bonds. The monoisotopic (exact) mass is 272 g/mol. The molecule has 0 saturated carbocycles. The lowest BCUT2D eigenvalue weighted by Crippen LogP contribution is -2.18. The van der Waals surface area contributed by atoms with Crippen molar-refractivity contribution in [1.82, 2.24) is 4.98 Å². The summed E-state index contributed by atoms with van der Waals surface area (Å²) in [7, 11) is 0. The molecular weight excluding hydrogens is 267 g/mol. The molecule has 0 aliphatic rings. The van der Waals surface area contributed by atoms with Gasteiger partial charge in [-0.2, -0.15) is 0 Å². The van der Waals surface area contributed by atoms with Crippen molar-refractivity contribution >= 4 is 5.69 Å². The lowest BCUT2D eigenvalue weighted by molar-refractivity contribution is -0.387. The number of nitro groups is 1. The normalized spacial score (nSPS) is 11.7. The molecule has 0 spiro atoms. The minimum atomic E-state index is -5.12. The number of hydrogen-bond acceptors (Lipinski definition) is 4. The van der Waals surface area contributed by atoms with Gasteiger partial charge in [-0.25, -0.2) is 13.8 Å². The summed E-state index contributed by atoms with van der Waals surface area (Å²) >= 11 is 0. The van der Waals surface area contributed by atoms with Gasteiger partial charge in [0, 0.05) is 6.07 Å². The Morgan fingerprint density at radius 3 is 2.39 bits per heavy atom. The van der Waals surface area contributed by atoms with Crippen molar-refractivity contribution in [3.8, 4) is 5.88 Å². The van der Waals surface area contributed by atoms with Gasteiger partial charge in [-0.1, -0.05) is 0 Å². The Hall–Kier alpha value is -2.00. The fourth-order valence-corrected chi connectivity index (χ4v) is 1.24. The molecule has 0 aliphatic carbocycles. The predicted molar refractivity (Wildman–Crippen MR) is 47.3 cm³/mol. The Bertz CT molecular complexity index is 475. The Labute approximate surface area is 96.3 Å². The third-order valence-corrected chi connectivity index (χ3v) is 1.81. The molecule has 0 fully saturated rings. The summed E-state index contributed by atoms with van der Waals surface area (Å²) < 4.78 is 64.0.